The Morgan fingerprint density at radius 3 is 2.44 bits per heavy atom. The molecule has 88 valence electrons. The van der Waals surface area contributed by atoms with Crippen LogP contribution in [0, 0.1) is 0 Å². The Bertz CT molecular complexity index is 332. The summed E-state index contributed by atoms with van der Waals surface area (Å²) in [4.78, 5) is 13.4. The molecule has 0 aliphatic rings. The number of nitrogens with zero attached hydrogens (tertiary/aromatic N) is 1. The van der Waals surface area contributed by atoms with Gasteiger partial charge in [0.25, 0.3) is 0 Å². The molecule has 3 nitrogen and oxygen atoms in total. The molecule has 1 rings (SSSR count). The standard InChI is InChI=1S/C13H20N2O/c1-3-4-13(16)15(2)12-7-5-11(6-8-12)9-10-14/h5-8H,3-4,9-10,14H2,1-2H3. The predicted molar refractivity (Wildman–Crippen MR) is 67.5 cm³/mol. The maximum atomic E-state index is 11.7. The summed E-state index contributed by atoms with van der Waals surface area (Å²) in [5.74, 6) is 0.161. The molecule has 0 saturated heterocycles. The monoisotopic (exact) mass is 220 g/mol. The van der Waals surface area contributed by atoms with Gasteiger partial charge in [0.15, 0.2) is 0 Å². The zero-order valence-corrected chi connectivity index (χ0v) is 10.1. The van der Waals surface area contributed by atoms with Gasteiger partial charge in [-0.1, -0.05) is 19.1 Å². The Morgan fingerprint density at radius 2 is 1.94 bits per heavy atom. The van der Waals surface area contributed by atoms with Crippen LogP contribution in [0.15, 0.2) is 24.3 Å². The Morgan fingerprint density at radius 1 is 1.31 bits per heavy atom. The van der Waals surface area contributed by atoms with Gasteiger partial charge >= 0.3 is 0 Å². The van der Waals surface area contributed by atoms with Crippen molar-refractivity contribution in [2.45, 2.75) is 26.2 Å². The summed E-state index contributed by atoms with van der Waals surface area (Å²) in [6, 6.07) is 7.99. The van der Waals surface area contributed by atoms with Crippen LogP contribution in [0.25, 0.3) is 0 Å². The van der Waals surface area contributed by atoms with Crippen molar-refractivity contribution in [3.63, 3.8) is 0 Å². The van der Waals surface area contributed by atoms with Crippen molar-refractivity contribution < 1.29 is 4.79 Å². The Labute approximate surface area is 97.2 Å². The van der Waals surface area contributed by atoms with Crippen molar-refractivity contribution in [1.29, 1.82) is 0 Å². The largest absolute Gasteiger partial charge is 0.330 e. The van der Waals surface area contributed by atoms with Gasteiger partial charge in [-0.15, -0.1) is 0 Å². The van der Waals surface area contributed by atoms with Crippen LogP contribution in [0.4, 0.5) is 5.69 Å². The first kappa shape index (κ1) is 12.7. The summed E-state index contributed by atoms with van der Waals surface area (Å²) in [6.45, 7) is 2.67. The lowest BCUT2D eigenvalue weighted by atomic mass is 10.1. The molecule has 0 heterocycles. The average Bonchev–Trinajstić information content (AvgIpc) is 2.30. The first-order valence-electron chi connectivity index (χ1n) is 5.74. The van der Waals surface area contributed by atoms with Crippen molar-refractivity contribution in [3.8, 4) is 0 Å². The summed E-state index contributed by atoms with van der Waals surface area (Å²) in [6.07, 6.45) is 2.36. The highest BCUT2D eigenvalue weighted by Crippen LogP contribution is 2.15. The molecule has 1 aromatic carbocycles. The molecule has 0 unspecified atom stereocenters. The normalized spacial score (nSPS) is 10.2. The summed E-state index contributed by atoms with van der Waals surface area (Å²) in [7, 11) is 1.82. The molecule has 2 N–H and O–H groups in total. The fourth-order valence-corrected chi connectivity index (χ4v) is 1.58. The van der Waals surface area contributed by atoms with Gasteiger partial charge in [-0.2, -0.15) is 0 Å². The molecule has 0 spiro atoms. The number of hydrogen-bond donors (Lipinski definition) is 1. The molecular formula is C13H20N2O. The van der Waals surface area contributed by atoms with Crippen LogP contribution >= 0.6 is 0 Å². The highest BCUT2D eigenvalue weighted by atomic mass is 16.2. The minimum Gasteiger partial charge on any atom is -0.330 e. The maximum absolute atomic E-state index is 11.7. The highest BCUT2D eigenvalue weighted by Gasteiger charge is 2.08. The topological polar surface area (TPSA) is 46.3 Å². The molecule has 16 heavy (non-hydrogen) atoms. The van der Waals surface area contributed by atoms with Gasteiger partial charge in [0.2, 0.25) is 5.91 Å². The van der Waals surface area contributed by atoms with Crippen molar-refractivity contribution in [1.82, 2.24) is 0 Å². The molecular weight excluding hydrogens is 200 g/mol. The fraction of sp³-hybridized carbons (Fsp3) is 0.462. The SMILES string of the molecule is CCCC(=O)N(C)c1ccc(CCN)cc1. The number of hydrogen-bond acceptors (Lipinski definition) is 2. The van der Waals surface area contributed by atoms with E-state index in [1.54, 1.807) is 4.90 Å². The lowest BCUT2D eigenvalue weighted by Crippen LogP contribution is -2.25. The van der Waals surface area contributed by atoms with Gasteiger partial charge in [-0.3, -0.25) is 4.79 Å². The number of carbonyl (C=O) groups is 1. The van der Waals surface area contributed by atoms with E-state index in [2.05, 4.69) is 0 Å². The molecule has 0 aliphatic heterocycles. The van der Waals surface area contributed by atoms with Crippen LogP contribution in [0.3, 0.4) is 0 Å². The Hall–Kier alpha value is -1.35. The third-order valence-electron chi connectivity index (χ3n) is 2.59. The molecule has 0 saturated carbocycles. The number of benzene rings is 1. The Balaban J connectivity index is 2.69. The first-order chi connectivity index (χ1) is 7.69. The number of amides is 1. The van der Waals surface area contributed by atoms with Gasteiger partial charge in [-0.05, 0) is 37.1 Å². The van der Waals surface area contributed by atoms with E-state index in [4.69, 9.17) is 5.73 Å². The Kier molecular flexibility index (Phi) is 4.99. The molecule has 0 aliphatic carbocycles. The van der Waals surface area contributed by atoms with E-state index in [1.807, 2.05) is 38.2 Å². The van der Waals surface area contributed by atoms with Crippen LogP contribution in [0.5, 0.6) is 0 Å². The second kappa shape index (κ2) is 6.28. The lowest BCUT2D eigenvalue weighted by Gasteiger charge is -2.17. The minimum atomic E-state index is 0.161. The predicted octanol–water partition coefficient (Wildman–Crippen LogP) is 1.95. The van der Waals surface area contributed by atoms with E-state index in [0.29, 0.717) is 13.0 Å². The third-order valence-corrected chi connectivity index (χ3v) is 2.59. The summed E-state index contributed by atoms with van der Waals surface area (Å²) in [5, 5.41) is 0. The number of carbonyl (C=O) groups excluding carboxylic acids is 1. The molecule has 3 heteroatoms. The van der Waals surface area contributed by atoms with Crippen molar-refractivity contribution >= 4 is 11.6 Å². The number of rotatable bonds is 5. The zero-order chi connectivity index (χ0) is 12.0. The first-order valence-corrected chi connectivity index (χ1v) is 5.74. The highest BCUT2D eigenvalue weighted by molar-refractivity contribution is 5.92. The van der Waals surface area contributed by atoms with Crippen LogP contribution in [-0.2, 0) is 11.2 Å². The summed E-state index contributed by atoms with van der Waals surface area (Å²) in [5.41, 5.74) is 7.64. The maximum Gasteiger partial charge on any atom is 0.226 e. The van der Waals surface area contributed by atoms with E-state index in [0.717, 1.165) is 18.5 Å². The van der Waals surface area contributed by atoms with Crippen LogP contribution in [0.1, 0.15) is 25.3 Å². The van der Waals surface area contributed by atoms with E-state index in [1.165, 1.54) is 5.56 Å². The fourth-order valence-electron chi connectivity index (χ4n) is 1.58. The zero-order valence-electron chi connectivity index (χ0n) is 10.1. The molecule has 0 atom stereocenters. The van der Waals surface area contributed by atoms with E-state index in [9.17, 15) is 4.79 Å². The molecule has 0 bridgehead atoms. The van der Waals surface area contributed by atoms with Gasteiger partial charge in [-0.25, -0.2) is 0 Å². The van der Waals surface area contributed by atoms with Crippen molar-refractivity contribution in [2.75, 3.05) is 18.5 Å². The van der Waals surface area contributed by atoms with E-state index < -0.39 is 0 Å². The second-order valence-corrected chi connectivity index (χ2v) is 3.91. The smallest absolute Gasteiger partial charge is 0.226 e. The van der Waals surface area contributed by atoms with Gasteiger partial charge < -0.3 is 10.6 Å². The van der Waals surface area contributed by atoms with E-state index in [-0.39, 0.29) is 5.91 Å². The van der Waals surface area contributed by atoms with Gasteiger partial charge in [0.05, 0.1) is 0 Å². The van der Waals surface area contributed by atoms with E-state index >= 15 is 0 Å². The van der Waals surface area contributed by atoms with Crippen LogP contribution in [-0.4, -0.2) is 19.5 Å². The molecule has 0 aromatic heterocycles. The minimum absolute atomic E-state index is 0.161. The number of anilines is 1. The molecule has 0 radical (unpaired) electrons. The summed E-state index contributed by atoms with van der Waals surface area (Å²) >= 11 is 0. The van der Waals surface area contributed by atoms with Crippen LogP contribution < -0.4 is 10.6 Å². The van der Waals surface area contributed by atoms with Crippen LogP contribution in [0.2, 0.25) is 0 Å². The molecule has 0 fully saturated rings. The van der Waals surface area contributed by atoms with Gasteiger partial charge in [0, 0.05) is 19.2 Å². The van der Waals surface area contributed by atoms with Crippen molar-refractivity contribution in [3.05, 3.63) is 29.8 Å². The van der Waals surface area contributed by atoms with Crippen molar-refractivity contribution in [2.24, 2.45) is 5.73 Å². The summed E-state index contributed by atoms with van der Waals surface area (Å²) < 4.78 is 0. The lowest BCUT2D eigenvalue weighted by molar-refractivity contribution is -0.118. The van der Waals surface area contributed by atoms with Gasteiger partial charge in [0.1, 0.15) is 0 Å². The quantitative estimate of drug-likeness (QED) is 0.824. The second-order valence-electron chi connectivity index (χ2n) is 3.91. The average molecular weight is 220 g/mol. The number of nitrogens with two attached hydrogens (primary N) is 1. The molecule has 1 amide bonds. The third kappa shape index (κ3) is 3.35. The molecule has 1 aromatic rings.